The van der Waals surface area contributed by atoms with Crippen LogP contribution in [0.5, 0.6) is 0 Å². The van der Waals surface area contributed by atoms with E-state index in [1.807, 2.05) is 0 Å². The summed E-state index contributed by atoms with van der Waals surface area (Å²) in [5.41, 5.74) is 0.744. The first kappa shape index (κ1) is 7.12. The van der Waals surface area contributed by atoms with Gasteiger partial charge in [-0.15, -0.1) is 0 Å². The molecular formula is C7H11NO2. The van der Waals surface area contributed by atoms with Crippen molar-refractivity contribution in [3.05, 3.63) is 11.8 Å². The van der Waals surface area contributed by atoms with Crippen molar-refractivity contribution in [2.45, 2.75) is 12.8 Å². The molecule has 0 amide bonds. The Labute approximate surface area is 60.1 Å². The number of nitrogens with one attached hydrogen (secondary N) is 1. The molecule has 1 N–H and O–H groups in total. The van der Waals surface area contributed by atoms with E-state index >= 15 is 0 Å². The zero-order valence-electron chi connectivity index (χ0n) is 6.02. The van der Waals surface area contributed by atoms with Crippen LogP contribution >= 0.6 is 0 Å². The van der Waals surface area contributed by atoms with E-state index in [4.69, 9.17) is 0 Å². The number of ether oxygens (including phenoxy) is 1. The molecule has 0 radical (unpaired) electrons. The standard InChI is InChI=1S/C7H11NO2/c1-10-7(9)6-3-2-4-8-5-6/h5,8H,2-4H2,1H3. The lowest BCUT2D eigenvalue weighted by Gasteiger charge is -2.11. The van der Waals surface area contributed by atoms with Crippen molar-refractivity contribution < 1.29 is 9.53 Å². The molecule has 10 heavy (non-hydrogen) atoms. The zero-order valence-corrected chi connectivity index (χ0v) is 6.02. The summed E-state index contributed by atoms with van der Waals surface area (Å²) in [5, 5.41) is 2.99. The number of carbonyl (C=O) groups is 1. The lowest BCUT2D eigenvalue weighted by atomic mass is 10.1. The first-order valence-corrected chi connectivity index (χ1v) is 3.35. The van der Waals surface area contributed by atoms with Gasteiger partial charge in [0.1, 0.15) is 0 Å². The molecule has 0 fully saturated rings. The van der Waals surface area contributed by atoms with Crippen molar-refractivity contribution in [1.29, 1.82) is 0 Å². The number of methoxy groups -OCH3 is 1. The number of rotatable bonds is 1. The topological polar surface area (TPSA) is 38.3 Å². The summed E-state index contributed by atoms with van der Waals surface area (Å²) in [6.45, 7) is 0.959. The van der Waals surface area contributed by atoms with E-state index in [2.05, 4.69) is 10.1 Å². The molecular weight excluding hydrogens is 130 g/mol. The summed E-state index contributed by atoms with van der Waals surface area (Å²) in [6, 6.07) is 0. The summed E-state index contributed by atoms with van der Waals surface area (Å²) < 4.78 is 4.54. The van der Waals surface area contributed by atoms with Crippen molar-refractivity contribution in [3.8, 4) is 0 Å². The maximum atomic E-state index is 10.8. The molecule has 1 aliphatic heterocycles. The molecule has 0 spiro atoms. The van der Waals surface area contributed by atoms with Gasteiger partial charge < -0.3 is 10.1 Å². The molecule has 0 unspecified atom stereocenters. The van der Waals surface area contributed by atoms with Crippen LogP contribution in [0.25, 0.3) is 0 Å². The van der Waals surface area contributed by atoms with Gasteiger partial charge in [0.25, 0.3) is 0 Å². The lowest BCUT2D eigenvalue weighted by molar-refractivity contribution is -0.136. The minimum Gasteiger partial charge on any atom is -0.466 e. The van der Waals surface area contributed by atoms with Gasteiger partial charge in [-0.1, -0.05) is 0 Å². The highest BCUT2D eigenvalue weighted by atomic mass is 16.5. The van der Waals surface area contributed by atoms with Crippen molar-refractivity contribution in [2.24, 2.45) is 0 Å². The molecule has 0 aromatic carbocycles. The molecule has 3 nitrogen and oxygen atoms in total. The van der Waals surface area contributed by atoms with Crippen LogP contribution in [0.3, 0.4) is 0 Å². The van der Waals surface area contributed by atoms with Crippen LogP contribution in [0.4, 0.5) is 0 Å². The van der Waals surface area contributed by atoms with Gasteiger partial charge in [0, 0.05) is 12.7 Å². The fraction of sp³-hybridized carbons (Fsp3) is 0.571. The van der Waals surface area contributed by atoms with Crippen molar-refractivity contribution in [3.63, 3.8) is 0 Å². The van der Waals surface area contributed by atoms with E-state index < -0.39 is 0 Å². The minimum atomic E-state index is -0.216. The predicted molar refractivity (Wildman–Crippen MR) is 37.3 cm³/mol. The van der Waals surface area contributed by atoms with Crippen LogP contribution in [0, 0.1) is 0 Å². The van der Waals surface area contributed by atoms with Gasteiger partial charge in [-0.05, 0) is 12.8 Å². The van der Waals surface area contributed by atoms with Gasteiger partial charge in [-0.25, -0.2) is 4.79 Å². The van der Waals surface area contributed by atoms with Gasteiger partial charge in [0.15, 0.2) is 0 Å². The third-order valence-corrected chi connectivity index (χ3v) is 1.49. The van der Waals surface area contributed by atoms with Crippen LogP contribution in [0.15, 0.2) is 11.8 Å². The van der Waals surface area contributed by atoms with Gasteiger partial charge >= 0.3 is 5.97 Å². The number of hydrogen-bond acceptors (Lipinski definition) is 3. The number of esters is 1. The minimum absolute atomic E-state index is 0.216. The molecule has 0 saturated carbocycles. The van der Waals surface area contributed by atoms with Gasteiger partial charge in [-0.3, -0.25) is 0 Å². The second-order valence-corrected chi connectivity index (χ2v) is 2.22. The maximum Gasteiger partial charge on any atom is 0.335 e. The average Bonchev–Trinajstić information content (AvgIpc) is 2.05. The summed E-state index contributed by atoms with van der Waals surface area (Å²) >= 11 is 0. The van der Waals surface area contributed by atoms with Crippen LogP contribution in [-0.4, -0.2) is 19.6 Å². The predicted octanol–water partition coefficient (Wildman–Crippen LogP) is 0.427. The smallest absolute Gasteiger partial charge is 0.335 e. The normalized spacial score (nSPS) is 17.1. The second kappa shape index (κ2) is 3.25. The average molecular weight is 141 g/mol. The Kier molecular flexibility index (Phi) is 2.31. The molecule has 56 valence electrons. The summed E-state index contributed by atoms with van der Waals surface area (Å²) in [5.74, 6) is -0.216. The molecule has 0 saturated heterocycles. The third kappa shape index (κ3) is 1.50. The van der Waals surface area contributed by atoms with Crippen LogP contribution in [0.1, 0.15) is 12.8 Å². The highest BCUT2D eigenvalue weighted by molar-refractivity contribution is 5.88. The molecule has 0 aromatic heterocycles. The number of hydrogen-bond donors (Lipinski definition) is 1. The maximum absolute atomic E-state index is 10.8. The molecule has 0 bridgehead atoms. The highest BCUT2D eigenvalue weighted by Crippen LogP contribution is 2.08. The molecule has 0 aliphatic carbocycles. The Balaban J connectivity index is 2.53. The molecule has 1 rings (SSSR count). The molecule has 1 heterocycles. The van der Waals surface area contributed by atoms with Crippen LogP contribution in [-0.2, 0) is 9.53 Å². The van der Waals surface area contributed by atoms with Crippen molar-refractivity contribution in [2.75, 3.05) is 13.7 Å². The molecule has 0 atom stereocenters. The van der Waals surface area contributed by atoms with E-state index in [1.54, 1.807) is 6.20 Å². The Bertz CT molecular complexity index is 163. The van der Waals surface area contributed by atoms with Crippen LogP contribution in [0.2, 0.25) is 0 Å². The van der Waals surface area contributed by atoms with Gasteiger partial charge in [0.05, 0.1) is 12.7 Å². The quantitative estimate of drug-likeness (QED) is 0.538. The van der Waals surface area contributed by atoms with E-state index in [1.165, 1.54) is 7.11 Å². The van der Waals surface area contributed by atoms with E-state index in [9.17, 15) is 4.79 Å². The third-order valence-electron chi connectivity index (χ3n) is 1.49. The SMILES string of the molecule is COC(=O)C1=CNCCC1. The first-order valence-electron chi connectivity index (χ1n) is 3.35. The molecule has 0 aromatic rings. The van der Waals surface area contributed by atoms with Gasteiger partial charge in [-0.2, -0.15) is 0 Å². The fourth-order valence-electron chi connectivity index (χ4n) is 0.941. The second-order valence-electron chi connectivity index (χ2n) is 2.22. The monoisotopic (exact) mass is 141 g/mol. The van der Waals surface area contributed by atoms with E-state index in [0.29, 0.717) is 0 Å². The summed E-state index contributed by atoms with van der Waals surface area (Å²) in [6.07, 6.45) is 3.58. The summed E-state index contributed by atoms with van der Waals surface area (Å²) in [7, 11) is 1.40. The Morgan fingerprint density at radius 1 is 1.80 bits per heavy atom. The Hall–Kier alpha value is -0.990. The van der Waals surface area contributed by atoms with Crippen molar-refractivity contribution >= 4 is 5.97 Å². The Morgan fingerprint density at radius 2 is 2.60 bits per heavy atom. The zero-order chi connectivity index (χ0) is 7.40. The first-order chi connectivity index (χ1) is 4.84. The largest absolute Gasteiger partial charge is 0.466 e. The number of carbonyl (C=O) groups excluding carboxylic acids is 1. The molecule has 3 heteroatoms. The molecule has 1 aliphatic rings. The van der Waals surface area contributed by atoms with Crippen LogP contribution < -0.4 is 5.32 Å². The lowest BCUT2D eigenvalue weighted by Crippen LogP contribution is -2.18. The van der Waals surface area contributed by atoms with E-state index in [-0.39, 0.29) is 5.97 Å². The summed E-state index contributed by atoms with van der Waals surface area (Å²) in [4.78, 5) is 10.8. The van der Waals surface area contributed by atoms with E-state index in [0.717, 1.165) is 25.0 Å². The Morgan fingerprint density at radius 3 is 3.10 bits per heavy atom. The highest BCUT2D eigenvalue weighted by Gasteiger charge is 2.10. The fourth-order valence-corrected chi connectivity index (χ4v) is 0.941. The van der Waals surface area contributed by atoms with Crippen molar-refractivity contribution in [1.82, 2.24) is 5.32 Å². The van der Waals surface area contributed by atoms with Gasteiger partial charge in [0.2, 0.25) is 0 Å².